The van der Waals surface area contributed by atoms with Crippen LogP contribution in [0.4, 0.5) is 22.7 Å². The van der Waals surface area contributed by atoms with Crippen molar-refractivity contribution in [3.8, 4) is 11.1 Å². The first-order chi connectivity index (χ1) is 21.3. The van der Waals surface area contributed by atoms with Crippen LogP contribution in [0.3, 0.4) is 0 Å². The van der Waals surface area contributed by atoms with Crippen molar-refractivity contribution in [3.05, 3.63) is 133 Å². The fourth-order valence-corrected chi connectivity index (χ4v) is 6.53. The number of anilines is 4. The van der Waals surface area contributed by atoms with Gasteiger partial charge in [0.25, 0.3) is 0 Å². The molecule has 9 rings (SSSR count). The lowest BCUT2D eigenvalue weighted by molar-refractivity contribution is 0.604. The van der Waals surface area contributed by atoms with Crippen molar-refractivity contribution in [1.82, 2.24) is 4.98 Å². The van der Waals surface area contributed by atoms with E-state index in [-0.39, 0.29) is 0 Å². The van der Waals surface area contributed by atoms with Crippen molar-refractivity contribution in [3.63, 3.8) is 0 Å². The van der Waals surface area contributed by atoms with Gasteiger partial charge in [-0.1, -0.05) is 78.9 Å². The molecule has 0 fully saturated rings. The molecule has 0 bridgehead atoms. The first-order valence-corrected chi connectivity index (χ1v) is 14.4. The second-order valence-corrected chi connectivity index (χ2v) is 10.8. The Bertz CT molecular complexity index is 2360. The molecule has 204 valence electrons. The molecule has 1 N–H and O–H groups in total. The summed E-state index contributed by atoms with van der Waals surface area (Å²) in [5, 5.41) is 8.95. The molecule has 0 radical (unpaired) electrons. The molecule has 1 aliphatic rings. The first-order valence-electron chi connectivity index (χ1n) is 14.4. The average molecular weight is 556 g/mol. The average Bonchev–Trinajstić information content (AvgIpc) is 3.65. The van der Waals surface area contributed by atoms with Crippen molar-refractivity contribution in [2.75, 3.05) is 16.8 Å². The van der Waals surface area contributed by atoms with Gasteiger partial charge in [-0.3, -0.25) is 4.98 Å². The van der Waals surface area contributed by atoms with Gasteiger partial charge >= 0.3 is 0 Å². The fraction of sp³-hybridized carbons (Fsp3) is 0.0263. The van der Waals surface area contributed by atoms with E-state index in [2.05, 4.69) is 118 Å². The van der Waals surface area contributed by atoms with Gasteiger partial charge in [-0.2, -0.15) is 0 Å². The first kappa shape index (κ1) is 23.9. The Kier molecular flexibility index (Phi) is 5.19. The zero-order valence-corrected chi connectivity index (χ0v) is 23.1. The molecule has 8 aromatic rings. The van der Waals surface area contributed by atoms with Crippen LogP contribution in [0.5, 0.6) is 0 Å². The summed E-state index contributed by atoms with van der Waals surface area (Å²) in [5.74, 6) is 0.842. The summed E-state index contributed by atoms with van der Waals surface area (Å²) in [6, 6.07) is 38.2. The van der Waals surface area contributed by atoms with Crippen LogP contribution < -0.4 is 10.2 Å². The van der Waals surface area contributed by atoms with E-state index in [1.54, 1.807) is 6.20 Å². The van der Waals surface area contributed by atoms with Gasteiger partial charge in [-0.05, 0) is 59.0 Å². The molecule has 5 heteroatoms. The van der Waals surface area contributed by atoms with E-state index < -0.39 is 0 Å². The maximum atomic E-state index is 6.36. The molecule has 0 unspecified atom stereocenters. The highest BCUT2D eigenvalue weighted by Crippen LogP contribution is 2.50. The highest BCUT2D eigenvalue weighted by molar-refractivity contribution is 6.18. The monoisotopic (exact) mass is 555 g/mol. The predicted molar refractivity (Wildman–Crippen MR) is 176 cm³/mol. The largest absolute Gasteiger partial charge is 0.456 e. The minimum Gasteiger partial charge on any atom is -0.456 e. The van der Waals surface area contributed by atoms with Crippen molar-refractivity contribution < 1.29 is 8.83 Å². The smallest absolute Gasteiger partial charge is 0.151 e. The third-order valence-corrected chi connectivity index (χ3v) is 8.37. The van der Waals surface area contributed by atoms with Crippen molar-refractivity contribution >= 4 is 72.5 Å². The van der Waals surface area contributed by atoms with E-state index in [1.165, 1.54) is 16.5 Å². The minimum atomic E-state index is 0.748. The number of pyridine rings is 1. The van der Waals surface area contributed by atoms with Crippen LogP contribution >= 0.6 is 0 Å². The number of fused-ring (bicyclic) bond motifs is 7. The van der Waals surface area contributed by atoms with Crippen molar-refractivity contribution in [2.45, 2.75) is 0 Å². The molecule has 1 aliphatic heterocycles. The zero-order valence-electron chi connectivity index (χ0n) is 23.1. The quantitative estimate of drug-likeness (QED) is 0.234. The second-order valence-electron chi connectivity index (χ2n) is 10.8. The van der Waals surface area contributed by atoms with Crippen LogP contribution in [0.15, 0.2) is 136 Å². The number of nitrogens with one attached hydrogen (secondary N) is 1. The third-order valence-electron chi connectivity index (χ3n) is 8.37. The topological polar surface area (TPSA) is 54.4 Å². The van der Waals surface area contributed by atoms with Gasteiger partial charge in [0.1, 0.15) is 16.7 Å². The lowest BCUT2D eigenvalue weighted by Crippen LogP contribution is -2.12. The summed E-state index contributed by atoms with van der Waals surface area (Å²) in [6.45, 7) is 0.748. The Morgan fingerprint density at radius 1 is 0.605 bits per heavy atom. The second kappa shape index (κ2) is 9.36. The molecule has 3 aromatic heterocycles. The molecule has 0 saturated carbocycles. The number of benzene rings is 5. The Hall–Kier alpha value is -5.81. The number of aromatic nitrogens is 1. The van der Waals surface area contributed by atoms with Crippen LogP contribution in [0.1, 0.15) is 5.76 Å². The molecule has 0 atom stereocenters. The summed E-state index contributed by atoms with van der Waals surface area (Å²) >= 11 is 0. The summed E-state index contributed by atoms with van der Waals surface area (Å²) in [4.78, 5) is 6.83. The summed E-state index contributed by atoms with van der Waals surface area (Å²) < 4.78 is 12.7. The highest BCUT2D eigenvalue weighted by Gasteiger charge is 2.26. The number of rotatable bonds is 4. The van der Waals surface area contributed by atoms with E-state index >= 15 is 0 Å². The summed E-state index contributed by atoms with van der Waals surface area (Å²) in [7, 11) is 0. The van der Waals surface area contributed by atoms with Crippen LogP contribution in [0.25, 0.3) is 60.9 Å². The fourth-order valence-electron chi connectivity index (χ4n) is 6.53. The van der Waals surface area contributed by atoms with E-state index in [9.17, 15) is 0 Å². The lowest BCUT2D eigenvalue weighted by Gasteiger charge is -2.29. The van der Waals surface area contributed by atoms with E-state index in [1.807, 2.05) is 24.4 Å². The molecule has 0 aliphatic carbocycles. The van der Waals surface area contributed by atoms with Crippen LogP contribution in [-0.2, 0) is 0 Å². The molecular formula is C38H25N3O2. The van der Waals surface area contributed by atoms with Gasteiger partial charge in [-0.25, -0.2) is 0 Å². The molecule has 43 heavy (non-hydrogen) atoms. The van der Waals surface area contributed by atoms with Gasteiger partial charge in [0.2, 0.25) is 0 Å². The molecule has 0 amide bonds. The van der Waals surface area contributed by atoms with Gasteiger partial charge < -0.3 is 19.1 Å². The summed E-state index contributed by atoms with van der Waals surface area (Å²) in [5.41, 5.74) is 8.95. The standard InChI is InChI=1S/C38H25N3O2/c1-2-9-24(10-3-1)25-18-19-29(27-12-5-4-11-26(25)27)41(30-13-6-15-33-36(30)28-23-39-22-20-32(28)42-33)31-14-7-16-34-37(31)38-35(43-34)17-8-21-40-38/h1-20,22-23,40H,21H2. The molecular weight excluding hydrogens is 530 g/mol. The molecule has 5 aromatic carbocycles. The van der Waals surface area contributed by atoms with Crippen molar-refractivity contribution in [2.24, 2.45) is 0 Å². The molecule has 0 spiro atoms. The number of hydrogen-bond donors (Lipinski definition) is 1. The molecule has 4 heterocycles. The maximum absolute atomic E-state index is 6.36. The Balaban J connectivity index is 1.41. The summed E-state index contributed by atoms with van der Waals surface area (Å²) in [6.07, 6.45) is 7.81. The highest BCUT2D eigenvalue weighted by atomic mass is 16.3. The van der Waals surface area contributed by atoms with Crippen LogP contribution in [0, 0.1) is 0 Å². The van der Waals surface area contributed by atoms with Crippen LogP contribution in [0.2, 0.25) is 0 Å². The van der Waals surface area contributed by atoms with Gasteiger partial charge in [0.15, 0.2) is 5.76 Å². The van der Waals surface area contributed by atoms with Gasteiger partial charge in [-0.15, -0.1) is 0 Å². The van der Waals surface area contributed by atoms with Crippen LogP contribution in [-0.4, -0.2) is 11.5 Å². The lowest BCUT2D eigenvalue weighted by atomic mass is 9.96. The Morgan fingerprint density at radius 2 is 1.37 bits per heavy atom. The third kappa shape index (κ3) is 3.61. The van der Waals surface area contributed by atoms with E-state index in [0.717, 1.165) is 73.3 Å². The number of nitrogens with zero attached hydrogens (tertiary/aromatic N) is 2. The van der Waals surface area contributed by atoms with E-state index in [0.29, 0.717) is 0 Å². The minimum absolute atomic E-state index is 0.748. The van der Waals surface area contributed by atoms with E-state index in [4.69, 9.17) is 8.83 Å². The van der Waals surface area contributed by atoms with Gasteiger partial charge in [0.05, 0.1) is 33.5 Å². The Morgan fingerprint density at radius 3 is 2.23 bits per heavy atom. The van der Waals surface area contributed by atoms with Crippen molar-refractivity contribution in [1.29, 1.82) is 0 Å². The number of hydrogen-bond acceptors (Lipinski definition) is 5. The molecule has 0 saturated heterocycles. The van der Waals surface area contributed by atoms with Gasteiger partial charge in [0, 0.05) is 29.7 Å². The maximum Gasteiger partial charge on any atom is 0.151 e. The molecule has 5 nitrogen and oxygen atoms in total. The Labute approximate surface area is 247 Å². The number of furan rings is 2. The predicted octanol–water partition coefficient (Wildman–Crippen LogP) is 10.5. The normalized spacial score (nSPS) is 12.7. The SMILES string of the molecule is C1=Cc2oc3cccc(N(c4ccc(-c5ccccc5)c5ccccc45)c4cccc5oc6ccncc6c45)c3c2NC1. The zero-order chi connectivity index (χ0) is 28.3.